The van der Waals surface area contributed by atoms with Gasteiger partial charge in [-0.1, -0.05) is 13.3 Å². The van der Waals surface area contributed by atoms with Crippen molar-refractivity contribution in [2.45, 2.75) is 45.1 Å². The number of carbonyl (C=O) groups is 2. The summed E-state index contributed by atoms with van der Waals surface area (Å²) in [5.74, 6) is -1.13. The second-order valence-electron chi connectivity index (χ2n) is 4.98. The summed E-state index contributed by atoms with van der Waals surface area (Å²) in [6, 6.07) is -1.51. The van der Waals surface area contributed by atoms with Crippen LogP contribution in [0.25, 0.3) is 0 Å². The Morgan fingerprint density at radius 3 is 2.50 bits per heavy atom. The Labute approximate surface area is 107 Å². The molecule has 4 N–H and O–H groups in total. The molecule has 6 nitrogen and oxygen atoms in total. The Hall–Kier alpha value is -1.30. The molecule has 1 rings (SSSR count). The lowest BCUT2D eigenvalue weighted by Crippen LogP contribution is -2.47. The molecule has 6 heteroatoms. The van der Waals surface area contributed by atoms with Gasteiger partial charge in [-0.05, 0) is 24.7 Å². The molecule has 1 atom stereocenters. The van der Waals surface area contributed by atoms with Crippen LogP contribution in [0, 0.1) is 5.41 Å². The molecular formula is C12H22N2O4. The van der Waals surface area contributed by atoms with Gasteiger partial charge in [-0.15, -0.1) is 0 Å². The number of hydrogen-bond acceptors (Lipinski definition) is 3. The Balaban J connectivity index is 2.30. The topological polar surface area (TPSA) is 98.7 Å². The molecule has 104 valence electrons. The highest BCUT2D eigenvalue weighted by molar-refractivity contribution is 5.82. The van der Waals surface area contributed by atoms with Crippen LogP contribution in [0.3, 0.4) is 0 Å². The minimum atomic E-state index is -1.13. The third-order valence-electron chi connectivity index (χ3n) is 3.38. The van der Waals surface area contributed by atoms with E-state index >= 15 is 0 Å². The number of aliphatic carboxylic acids is 1. The maximum atomic E-state index is 11.5. The molecular weight excluding hydrogens is 236 g/mol. The molecule has 0 aromatic heterocycles. The third-order valence-corrected chi connectivity index (χ3v) is 3.38. The van der Waals surface area contributed by atoms with Crippen molar-refractivity contribution in [1.82, 2.24) is 10.6 Å². The van der Waals surface area contributed by atoms with Gasteiger partial charge in [-0.25, -0.2) is 9.59 Å². The van der Waals surface area contributed by atoms with Crippen molar-refractivity contribution in [3.05, 3.63) is 0 Å². The molecule has 0 bridgehead atoms. The molecule has 2 amide bonds. The molecule has 18 heavy (non-hydrogen) atoms. The molecule has 1 aliphatic rings. The second-order valence-corrected chi connectivity index (χ2v) is 4.98. The number of aliphatic hydroxyl groups is 1. The summed E-state index contributed by atoms with van der Waals surface area (Å²) >= 11 is 0. The van der Waals surface area contributed by atoms with Gasteiger partial charge in [0, 0.05) is 19.6 Å². The van der Waals surface area contributed by atoms with Crippen LogP contribution in [0.15, 0.2) is 0 Å². The Bertz CT molecular complexity index is 302. The zero-order valence-electron chi connectivity index (χ0n) is 10.7. The fourth-order valence-electron chi connectivity index (χ4n) is 2.09. The largest absolute Gasteiger partial charge is 0.480 e. The quantitative estimate of drug-likeness (QED) is 0.515. The number of rotatable bonds is 8. The van der Waals surface area contributed by atoms with E-state index in [-0.39, 0.29) is 18.4 Å². The van der Waals surface area contributed by atoms with Crippen LogP contribution in [0.1, 0.15) is 39.0 Å². The molecule has 1 unspecified atom stereocenters. The van der Waals surface area contributed by atoms with E-state index in [0.717, 1.165) is 25.7 Å². The summed E-state index contributed by atoms with van der Waals surface area (Å²) in [5.41, 5.74) is 0.238. The van der Waals surface area contributed by atoms with E-state index in [0.29, 0.717) is 6.54 Å². The Morgan fingerprint density at radius 2 is 2.06 bits per heavy atom. The van der Waals surface area contributed by atoms with Gasteiger partial charge in [0.05, 0.1) is 0 Å². The average Bonchev–Trinajstić information content (AvgIpc) is 3.07. The van der Waals surface area contributed by atoms with Crippen molar-refractivity contribution in [2.75, 3.05) is 13.2 Å². The summed E-state index contributed by atoms with van der Waals surface area (Å²) in [6.07, 6.45) is 4.45. The van der Waals surface area contributed by atoms with Crippen LogP contribution in [0.2, 0.25) is 0 Å². The van der Waals surface area contributed by atoms with Gasteiger partial charge in [-0.3, -0.25) is 0 Å². The Morgan fingerprint density at radius 1 is 1.39 bits per heavy atom. The van der Waals surface area contributed by atoms with Crippen LogP contribution < -0.4 is 10.6 Å². The lowest BCUT2D eigenvalue weighted by atomic mass is 10.0. The number of amides is 2. The van der Waals surface area contributed by atoms with Gasteiger partial charge in [0.25, 0.3) is 0 Å². The molecule has 1 fully saturated rings. The standard InChI is InChI=1S/C12H22N2O4/c1-2-4-12(5-6-12)8-13-11(18)14-9(3-7-15)10(16)17/h9,15H,2-8H2,1H3,(H,16,17)(H2,13,14,18). The molecule has 0 radical (unpaired) electrons. The van der Waals surface area contributed by atoms with E-state index < -0.39 is 18.0 Å². The number of aliphatic hydroxyl groups excluding tert-OH is 1. The van der Waals surface area contributed by atoms with Crippen molar-refractivity contribution < 1.29 is 19.8 Å². The summed E-state index contributed by atoms with van der Waals surface area (Å²) < 4.78 is 0. The highest BCUT2D eigenvalue weighted by atomic mass is 16.4. The molecule has 0 spiro atoms. The van der Waals surface area contributed by atoms with Crippen LogP contribution in [-0.4, -0.2) is 41.4 Å². The molecule has 0 heterocycles. The lowest BCUT2D eigenvalue weighted by molar-refractivity contribution is -0.139. The van der Waals surface area contributed by atoms with E-state index in [4.69, 9.17) is 10.2 Å². The highest BCUT2D eigenvalue weighted by Crippen LogP contribution is 2.48. The maximum Gasteiger partial charge on any atom is 0.326 e. The fraction of sp³-hybridized carbons (Fsp3) is 0.833. The molecule has 1 saturated carbocycles. The average molecular weight is 258 g/mol. The minimum Gasteiger partial charge on any atom is -0.480 e. The number of carboxylic acid groups (broad SMARTS) is 1. The summed E-state index contributed by atoms with van der Waals surface area (Å²) in [5, 5.41) is 22.6. The first-order valence-electron chi connectivity index (χ1n) is 6.41. The van der Waals surface area contributed by atoms with Gasteiger partial charge in [0.2, 0.25) is 0 Å². The predicted octanol–water partition coefficient (Wildman–Crippen LogP) is 0.701. The number of hydrogen-bond donors (Lipinski definition) is 4. The normalized spacial score (nSPS) is 17.9. The fourth-order valence-corrected chi connectivity index (χ4v) is 2.09. The van der Waals surface area contributed by atoms with Crippen molar-refractivity contribution in [3.8, 4) is 0 Å². The Kier molecular flexibility index (Phi) is 5.40. The number of nitrogens with one attached hydrogen (secondary N) is 2. The third kappa shape index (κ3) is 4.52. The smallest absolute Gasteiger partial charge is 0.326 e. The first-order valence-corrected chi connectivity index (χ1v) is 6.41. The molecule has 1 aliphatic carbocycles. The molecule has 0 aromatic carbocycles. The maximum absolute atomic E-state index is 11.5. The number of carbonyl (C=O) groups excluding carboxylic acids is 1. The summed E-state index contributed by atoms with van der Waals surface area (Å²) in [6.45, 7) is 2.44. The number of carboxylic acids is 1. The monoisotopic (exact) mass is 258 g/mol. The van der Waals surface area contributed by atoms with E-state index in [9.17, 15) is 9.59 Å². The van der Waals surface area contributed by atoms with Crippen molar-refractivity contribution in [2.24, 2.45) is 5.41 Å². The zero-order valence-corrected chi connectivity index (χ0v) is 10.7. The SMILES string of the molecule is CCCC1(CNC(=O)NC(CCO)C(=O)O)CC1. The predicted molar refractivity (Wildman–Crippen MR) is 66.2 cm³/mol. The van der Waals surface area contributed by atoms with Gasteiger partial charge < -0.3 is 20.8 Å². The van der Waals surface area contributed by atoms with Crippen LogP contribution in [-0.2, 0) is 4.79 Å². The van der Waals surface area contributed by atoms with Crippen molar-refractivity contribution in [3.63, 3.8) is 0 Å². The van der Waals surface area contributed by atoms with E-state index in [1.54, 1.807) is 0 Å². The van der Waals surface area contributed by atoms with E-state index in [2.05, 4.69) is 17.6 Å². The van der Waals surface area contributed by atoms with E-state index in [1.165, 1.54) is 0 Å². The highest BCUT2D eigenvalue weighted by Gasteiger charge is 2.41. The molecule has 0 saturated heterocycles. The minimum absolute atomic E-state index is 0.0167. The summed E-state index contributed by atoms with van der Waals surface area (Å²) in [4.78, 5) is 22.3. The molecule has 0 aromatic rings. The van der Waals surface area contributed by atoms with Gasteiger partial charge >= 0.3 is 12.0 Å². The first-order chi connectivity index (χ1) is 8.53. The van der Waals surface area contributed by atoms with Gasteiger partial charge in [-0.2, -0.15) is 0 Å². The van der Waals surface area contributed by atoms with Crippen LogP contribution >= 0.6 is 0 Å². The zero-order chi connectivity index (χ0) is 13.6. The number of urea groups is 1. The van der Waals surface area contributed by atoms with Crippen molar-refractivity contribution >= 4 is 12.0 Å². The molecule has 0 aliphatic heterocycles. The van der Waals surface area contributed by atoms with Gasteiger partial charge in [0.1, 0.15) is 6.04 Å². The first kappa shape index (κ1) is 14.8. The lowest BCUT2D eigenvalue weighted by Gasteiger charge is -2.17. The van der Waals surface area contributed by atoms with Gasteiger partial charge in [0.15, 0.2) is 0 Å². The van der Waals surface area contributed by atoms with Crippen molar-refractivity contribution in [1.29, 1.82) is 0 Å². The summed E-state index contributed by atoms with van der Waals surface area (Å²) in [7, 11) is 0. The van der Waals surface area contributed by atoms with Crippen LogP contribution in [0.5, 0.6) is 0 Å². The van der Waals surface area contributed by atoms with E-state index in [1.807, 2.05) is 0 Å². The van der Waals surface area contributed by atoms with Crippen LogP contribution in [0.4, 0.5) is 4.79 Å². The second kappa shape index (κ2) is 6.58.